The molecule has 0 radical (unpaired) electrons. The Morgan fingerprint density at radius 3 is 2.80 bits per heavy atom. The summed E-state index contributed by atoms with van der Waals surface area (Å²) in [6.45, 7) is 8.54. The summed E-state index contributed by atoms with van der Waals surface area (Å²) >= 11 is 0. The minimum Gasteiger partial charge on any atom is -0.304 e. The van der Waals surface area contributed by atoms with Crippen LogP contribution in [0.25, 0.3) is 0 Å². The van der Waals surface area contributed by atoms with Crippen LogP contribution in [0.3, 0.4) is 0 Å². The lowest BCUT2D eigenvalue weighted by atomic mass is 10.0. The van der Waals surface area contributed by atoms with Gasteiger partial charge in [0.05, 0.1) is 0 Å². The second-order valence-corrected chi connectivity index (χ2v) is 3.47. The van der Waals surface area contributed by atoms with E-state index in [1.165, 1.54) is 38.9 Å². The van der Waals surface area contributed by atoms with E-state index in [0.29, 0.717) is 0 Å². The van der Waals surface area contributed by atoms with Crippen molar-refractivity contribution in [2.75, 3.05) is 19.6 Å². The molecule has 1 unspecified atom stereocenters. The second-order valence-electron chi connectivity index (χ2n) is 3.47. The van der Waals surface area contributed by atoms with E-state index in [0.717, 1.165) is 5.92 Å². The fraction of sp³-hybridized carbons (Fsp3) is 1.00. The van der Waals surface area contributed by atoms with Crippen LogP contribution in [0, 0.1) is 5.92 Å². The zero-order chi connectivity index (χ0) is 7.40. The summed E-state index contributed by atoms with van der Waals surface area (Å²) in [4.78, 5) is 2.56. The third-order valence-corrected chi connectivity index (χ3v) is 2.56. The first-order valence-electron chi connectivity index (χ1n) is 4.55. The summed E-state index contributed by atoms with van der Waals surface area (Å²) in [5.74, 6) is 0.969. The average Bonchev–Trinajstić information content (AvgIpc) is 2.14. The van der Waals surface area contributed by atoms with Crippen LogP contribution in [0.5, 0.6) is 0 Å². The van der Waals surface area contributed by atoms with Gasteiger partial charge >= 0.3 is 0 Å². The van der Waals surface area contributed by atoms with Gasteiger partial charge in [-0.25, -0.2) is 0 Å². The molecule has 1 atom stereocenters. The predicted molar refractivity (Wildman–Crippen MR) is 45.1 cm³/mol. The summed E-state index contributed by atoms with van der Waals surface area (Å²) in [7, 11) is 0. The zero-order valence-electron chi connectivity index (χ0n) is 7.27. The van der Waals surface area contributed by atoms with Gasteiger partial charge in [0.2, 0.25) is 0 Å². The van der Waals surface area contributed by atoms with Crippen molar-refractivity contribution in [1.29, 1.82) is 0 Å². The predicted octanol–water partition coefficient (Wildman–Crippen LogP) is 2.13. The van der Waals surface area contributed by atoms with Crippen molar-refractivity contribution in [3.8, 4) is 0 Å². The highest BCUT2D eigenvalue weighted by Gasteiger charge is 2.11. The molecule has 1 nitrogen and oxygen atoms in total. The topological polar surface area (TPSA) is 3.24 Å². The van der Waals surface area contributed by atoms with Crippen LogP contribution in [0.2, 0.25) is 0 Å². The van der Waals surface area contributed by atoms with Crippen molar-refractivity contribution in [1.82, 2.24) is 4.90 Å². The zero-order valence-corrected chi connectivity index (χ0v) is 7.27. The SMILES string of the molecule is CCN1CCCC(C)CC1. The quantitative estimate of drug-likeness (QED) is 0.540. The average molecular weight is 141 g/mol. The molecule has 60 valence electrons. The van der Waals surface area contributed by atoms with E-state index >= 15 is 0 Å². The highest BCUT2D eigenvalue weighted by atomic mass is 15.1. The van der Waals surface area contributed by atoms with Crippen molar-refractivity contribution in [2.24, 2.45) is 5.92 Å². The van der Waals surface area contributed by atoms with Gasteiger partial charge in [-0.1, -0.05) is 13.8 Å². The van der Waals surface area contributed by atoms with Gasteiger partial charge in [-0.15, -0.1) is 0 Å². The number of rotatable bonds is 1. The molecule has 1 rings (SSSR count). The Morgan fingerprint density at radius 1 is 1.30 bits per heavy atom. The summed E-state index contributed by atoms with van der Waals surface area (Å²) in [6, 6.07) is 0. The Bertz CT molecular complexity index is 90.7. The van der Waals surface area contributed by atoms with E-state index in [1.807, 2.05) is 0 Å². The van der Waals surface area contributed by atoms with E-state index in [4.69, 9.17) is 0 Å². The molecule has 0 saturated carbocycles. The molecule has 1 heteroatoms. The summed E-state index contributed by atoms with van der Waals surface area (Å²) in [6.07, 6.45) is 4.26. The molecule has 10 heavy (non-hydrogen) atoms. The Balaban J connectivity index is 2.26. The van der Waals surface area contributed by atoms with E-state index in [-0.39, 0.29) is 0 Å². The molecule has 1 aliphatic heterocycles. The summed E-state index contributed by atoms with van der Waals surface area (Å²) in [5.41, 5.74) is 0. The van der Waals surface area contributed by atoms with Crippen LogP contribution in [-0.2, 0) is 0 Å². The van der Waals surface area contributed by atoms with Crippen LogP contribution in [0.15, 0.2) is 0 Å². The molecule has 0 amide bonds. The van der Waals surface area contributed by atoms with Crippen molar-refractivity contribution in [3.05, 3.63) is 0 Å². The van der Waals surface area contributed by atoms with Crippen molar-refractivity contribution in [2.45, 2.75) is 33.1 Å². The Morgan fingerprint density at radius 2 is 2.10 bits per heavy atom. The fourth-order valence-corrected chi connectivity index (χ4v) is 1.64. The van der Waals surface area contributed by atoms with E-state index in [1.54, 1.807) is 0 Å². The van der Waals surface area contributed by atoms with Crippen LogP contribution in [0.4, 0.5) is 0 Å². The van der Waals surface area contributed by atoms with E-state index in [2.05, 4.69) is 18.7 Å². The molecule has 0 aromatic carbocycles. The van der Waals surface area contributed by atoms with Gasteiger partial charge < -0.3 is 4.90 Å². The molecule has 1 fully saturated rings. The van der Waals surface area contributed by atoms with Crippen molar-refractivity contribution >= 4 is 0 Å². The second kappa shape index (κ2) is 3.97. The lowest BCUT2D eigenvalue weighted by molar-refractivity contribution is 0.297. The molecular formula is C9H19N. The molecule has 1 saturated heterocycles. The van der Waals surface area contributed by atoms with Gasteiger partial charge in [0, 0.05) is 0 Å². The van der Waals surface area contributed by atoms with E-state index < -0.39 is 0 Å². The first-order chi connectivity index (χ1) is 4.83. The molecule has 0 spiro atoms. The number of hydrogen-bond acceptors (Lipinski definition) is 1. The molecule has 1 heterocycles. The molecule has 1 aliphatic rings. The normalized spacial score (nSPS) is 30.0. The fourth-order valence-electron chi connectivity index (χ4n) is 1.64. The third kappa shape index (κ3) is 2.30. The number of nitrogens with zero attached hydrogens (tertiary/aromatic N) is 1. The minimum absolute atomic E-state index is 0.969. The summed E-state index contributed by atoms with van der Waals surface area (Å²) in [5, 5.41) is 0. The molecule has 0 aromatic heterocycles. The van der Waals surface area contributed by atoms with Gasteiger partial charge in [-0.2, -0.15) is 0 Å². The molecule has 0 aliphatic carbocycles. The van der Waals surface area contributed by atoms with Crippen LogP contribution >= 0.6 is 0 Å². The minimum atomic E-state index is 0.969. The highest BCUT2D eigenvalue weighted by molar-refractivity contribution is 4.65. The molecule has 0 aromatic rings. The van der Waals surface area contributed by atoms with Gasteiger partial charge in [-0.05, 0) is 44.8 Å². The largest absolute Gasteiger partial charge is 0.304 e. The number of hydrogen-bond donors (Lipinski definition) is 0. The van der Waals surface area contributed by atoms with Crippen LogP contribution in [0.1, 0.15) is 33.1 Å². The summed E-state index contributed by atoms with van der Waals surface area (Å²) < 4.78 is 0. The third-order valence-electron chi connectivity index (χ3n) is 2.56. The lowest BCUT2D eigenvalue weighted by Crippen LogP contribution is -2.23. The van der Waals surface area contributed by atoms with E-state index in [9.17, 15) is 0 Å². The molecule has 0 bridgehead atoms. The maximum atomic E-state index is 2.56. The van der Waals surface area contributed by atoms with Gasteiger partial charge in [0.1, 0.15) is 0 Å². The smallest absolute Gasteiger partial charge is 0.00163 e. The maximum absolute atomic E-state index is 2.56. The Labute approximate surface area is 64.4 Å². The Kier molecular flexibility index (Phi) is 3.20. The van der Waals surface area contributed by atoms with Crippen LogP contribution in [-0.4, -0.2) is 24.5 Å². The van der Waals surface area contributed by atoms with Crippen LogP contribution < -0.4 is 0 Å². The number of likely N-dealkylation sites (tertiary alicyclic amines) is 1. The monoisotopic (exact) mass is 141 g/mol. The lowest BCUT2D eigenvalue weighted by Gasteiger charge is -2.16. The maximum Gasteiger partial charge on any atom is -0.00163 e. The highest BCUT2D eigenvalue weighted by Crippen LogP contribution is 2.15. The first kappa shape index (κ1) is 8.06. The standard InChI is InChI=1S/C9H19N/c1-3-10-7-4-5-9(2)6-8-10/h9H,3-8H2,1-2H3. The van der Waals surface area contributed by atoms with Gasteiger partial charge in [-0.3, -0.25) is 0 Å². The van der Waals surface area contributed by atoms with Crippen molar-refractivity contribution in [3.63, 3.8) is 0 Å². The Hall–Kier alpha value is -0.0400. The van der Waals surface area contributed by atoms with Gasteiger partial charge in [0.15, 0.2) is 0 Å². The molecular weight excluding hydrogens is 122 g/mol. The van der Waals surface area contributed by atoms with Gasteiger partial charge in [0.25, 0.3) is 0 Å². The van der Waals surface area contributed by atoms with Crippen molar-refractivity contribution < 1.29 is 0 Å². The first-order valence-corrected chi connectivity index (χ1v) is 4.55. The molecule has 0 N–H and O–H groups in total.